The minimum Gasteiger partial charge on any atom is -0.397 e. The third kappa shape index (κ3) is 4.56. The lowest BCUT2D eigenvalue weighted by Gasteiger charge is -2.25. The molecule has 1 aromatic carbocycles. The van der Waals surface area contributed by atoms with Crippen molar-refractivity contribution in [3.63, 3.8) is 0 Å². The first-order valence-corrected chi connectivity index (χ1v) is 6.70. The van der Waals surface area contributed by atoms with Crippen LogP contribution in [0, 0.1) is 5.41 Å². The van der Waals surface area contributed by atoms with E-state index in [0.29, 0.717) is 15.7 Å². The average Bonchev–Trinajstić information content (AvgIpc) is 2.30. The molecule has 0 heterocycles. The Hall–Kier alpha value is -0.640. The zero-order valence-corrected chi connectivity index (χ0v) is 12.3. The van der Waals surface area contributed by atoms with Crippen LogP contribution in [0.15, 0.2) is 12.1 Å². The molecule has 0 aromatic heterocycles. The van der Waals surface area contributed by atoms with Crippen molar-refractivity contribution in [3.8, 4) is 0 Å². The Morgan fingerprint density at radius 1 is 1.28 bits per heavy atom. The molecule has 1 rings (SSSR count). The molecule has 0 saturated carbocycles. The van der Waals surface area contributed by atoms with Crippen LogP contribution in [-0.2, 0) is 0 Å². The van der Waals surface area contributed by atoms with Gasteiger partial charge in [0, 0.05) is 13.2 Å². The number of hydrogen-bond donors (Lipinski definition) is 3. The summed E-state index contributed by atoms with van der Waals surface area (Å²) in [6.07, 6.45) is 1.74. The van der Waals surface area contributed by atoms with Gasteiger partial charge < -0.3 is 16.2 Å². The molecule has 1 aromatic rings. The fourth-order valence-corrected chi connectivity index (χ4v) is 2.03. The molecule has 0 atom stereocenters. The van der Waals surface area contributed by atoms with Crippen LogP contribution < -0.4 is 11.1 Å². The van der Waals surface area contributed by atoms with Gasteiger partial charge in [-0.15, -0.1) is 0 Å². The van der Waals surface area contributed by atoms with E-state index in [0.717, 1.165) is 25.1 Å². The molecule has 0 spiro atoms. The van der Waals surface area contributed by atoms with Crippen LogP contribution in [0.3, 0.4) is 0 Å². The van der Waals surface area contributed by atoms with Crippen molar-refractivity contribution in [1.82, 2.24) is 0 Å². The number of hydrogen-bond acceptors (Lipinski definition) is 3. The van der Waals surface area contributed by atoms with Gasteiger partial charge in [-0.1, -0.05) is 37.0 Å². The predicted octanol–water partition coefficient (Wildman–Crippen LogP) is 3.79. The number of aliphatic hydroxyl groups is 1. The summed E-state index contributed by atoms with van der Waals surface area (Å²) >= 11 is 11.8. The number of nitrogens with one attached hydrogen (secondary N) is 1. The topological polar surface area (TPSA) is 58.3 Å². The monoisotopic (exact) mass is 290 g/mol. The molecular weight excluding hydrogens is 271 g/mol. The van der Waals surface area contributed by atoms with E-state index in [9.17, 15) is 0 Å². The van der Waals surface area contributed by atoms with Gasteiger partial charge >= 0.3 is 0 Å². The molecule has 0 aliphatic carbocycles. The summed E-state index contributed by atoms with van der Waals surface area (Å²) in [4.78, 5) is 0. The fourth-order valence-electron chi connectivity index (χ4n) is 1.70. The SMILES string of the molecule is CC(C)(CCCO)CNc1cc(Cl)c(Cl)cc1N. The summed E-state index contributed by atoms with van der Waals surface area (Å²) in [7, 11) is 0. The van der Waals surface area contributed by atoms with Crippen molar-refractivity contribution in [2.45, 2.75) is 26.7 Å². The molecular formula is C13H20Cl2N2O. The normalized spacial score (nSPS) is 11.6. The molecule has 0 amide bonds. The molecule has 0 radical (unpaired) electrons. The number of aliphatic hydroxyl groups excluding tert-OH is 1. The lowest BCUT2D eigenvalue weighted by atomic mass is 9.88. The summed E-state index contributed by atoms with van der Waals surface area (Å²) in [6.45, 7) is 5.26. The van der Waals surface area contributed by atoms with Crippen molar-refractivity contribution in [2.24, 2.45) is 5.41 Å². The van der Waals surface area contributed by atoms with Crippen LogP contribution >= 0.6 is 23.2 Å². The largest absolute Gasteiger partial charge is 0.397 e. The molecule has 4 N–H and O–H groups in total. The fraction of sp³-hybridized carbons (Fsp3) is 0.538. The van der Waals surface area contributed by atoms with E-state index >= 15 is 0 Å². The van der Waals surface area contributed by atoms with Crippen molar-refractivity contribution in [1.29, 1.82) is 0 Å². The average molecular weight is 291 g/mol. The van der Waals surface area contributed by atoms with Gasteiger partial charge in [0.05, 0.1) is 21.4 Å². The molecule has 0 saturated heterocycles. The first kappa shape index (κ1) is 15.4. The molecule has 102 valence electrons. The zero-order chi connectivity index (χ0) is 13.8. The van der Waals surface area contributed by atoms with Crippen molar-refractivity contribution < 1.29 is 5.11 Å². The second-order valence-corrected chi connectivity index (χ2v) is 6.01. The Labute approximate surface area is 118 Å². The van der Waals surface area contributed by atoms with Crippen LogP contribution in [0.25, 0.3) is 0 Å². The van der Waals surface area contributed by atoms with Crippen molar-refractivity contribution in [2.75, 3.05) is 24.2 Å². The second-order valence-electron chi connectivity index (χ2n) is 5.20. The minimum atomic E-state index is 0.0846. The number of benzene rings is 1. The van der Waals surface area contributed by atoms with Crippen LogP contribution in [0.1, 0.15) is 26.7 Å². The molecule has 5 heteroatoms. The van der Waals surface area contributed by atoms with Gasteiger partial charge in [0.25, 0.3) is 0 Å². The van der Waals surface area contributed by atoms with E-state index in [1.54, 1.807) is 12.1 Å². The number of anilines is 2. The number of nitrogen functional groups attached to an aromatic ring is 1. The first-order valence-electron chi connectivity index (χ1n) is 5.95. The van der Waals surface area contributed by atoms with E-state index in [1.165, 1.54) is 0 Å². The van der Waals surface area contributed by atoms with Crippen LogP contribution in [-0.4, -0.2) is 18.3 Å². The van der Waals surface area contributed by atoms with Crippen molar-refractivity contribution in [3.05, 3.63) is 22.2 Å². The van der Waals surface area contributed by atoms with Gasteiger partial charge in [-0.2, -0.15) is 0 Å². The Bertz CT molecular complexity index is 408. The van der Waals surface area contributed by atoms with Crippen LogP contribution in [0.4, 0.5) is 11.4 Å². The van der Waals surface area contributed by atoms with Gasteiger partial charge in [0.2, 0.25) is 0 Å². The van der Waals surface area contributed by atoms with Crippen molar-refractivity contribution >= 4 is 34.6 Å². The Kier molecular flexibility index (Phi) is 5.57. The first-order chi connectivity index (χ1) is 8.35. The number of nitrogens with two attached hydrogens (primary N) is 1. The number of rotatable bonds is 6. The van der Waals surface area contributed by atoms with E-state index in [4.69, 9.17) is 34.0 Å². The molecule has 0 unspecified atom stereocenters. The highest BCUT2D eigenvalue weighted by molar-refractivity contribution is 6.42. The van der Waals surface area contributed by atoms with Gasteiger partial charge in [-0.05, 0) is 30.4 Å². The maximum atomic E-state index is 8.85. The second kappa shape index (κ2) is 6.50. The predicted molar refractivity (Wildman–Crippen MR) is 79.5 cm³/mol. The smallest absolute Gasteiger partial charge is 0.0614 e. The highest BCUT2D eigenvalue weighted by Gasteiger charge is 2.17. The van der Waals surface area contributed by atoms with Gasteiger partial charge in [-0.3, -0.25) is 0 Å². The van der Waals surface area contributed by atoms with E-state index in [-0.39, 0.29) is 12.0 Å². The Morgan fingerprint density at radius 2 is 1.89 bits per heavy atom. The summed E-state index contributed by atoms with van der Waals surface area (Å²) in [6, 6.07) is 3.38. The zero-order valence-electron chi connectivity index (χ0n) is 10.8. The van der Waals surface area contributed by atoms with Gasteiger partial charge in [0.15, 0.2) is 0 Å². The lowest BCUT2D eigenvalue weighted by molar-refractivity contribution is 0.248. The summed E-state index contributed by atoms with van der Waals surface area (Å²) in [5.41, 5.74) is 7.34. The highest BCUT2D eigenvalue weighted by atomic mass is 35.5. The van der Waals surface area contributed by atoms with Gasteiger partial charge in [0.1, 0.15) is 0 Å². The van der Waals surface area contributed by atoms with E-state index in [2.05, 4.69) is 19.2 Å². The molecule has 0 aliphatic rings. The highest BCUT2D eigenvalue weighted by Crippen LogP contribution is 2.32. The summed E-state index contributed by atoms with van der Waals surface area (Å²) < 4.78 is 0. The third-order valence-corrected chi connectivity index (χ3v) is 3.58. The van der Waals surface area contributed by atoms with Crippen LogP contribution in [0.5, 0.6) is 0 Å². The number of halogens is 2. The standard InChI is InChI=1S/C13H20Cl2N2O/c1-13(2,4-3-5-18)8-17-12-7-10(15)9(14)6-11(12)16/h6-7,17-18H,3-5,8,16H2,1-2H3. The maximum Gasteiger partial charge on any atom is 0.0614 e. The Morgan fingerprint density at radius 3 is 2.50 bits per heavy atom. The van der Waals surface area contributed by atoms with Gasteiger partial charge in [-0.25, -0.2) is 0 Å². The minimum absolute atomic E-state index is 0.0846. The molecule has 0 fully saturated rings. The maximum absolute atomic E-state index is 8.85. The molecule has 0 aliphatic heterocycles. The Balaban J connectivity index is 2.66. The quantitative estimate of drug-likeness (QED) is 0.699. The molecule has 18 heavy (non-hydrogen) atoms. The summed E-state index contributed by atoms with van der Waals surface area (Å²) in [5.74, 6) is 0. The molecule has 0 bridgehead atoms. The summed E-state index contributed by atoms with van der Waals surface area (Å²) in [5, 5.41) is 13.1. The van der Waals surface area contributed by atoms with E-state index in [1.807, 2.05) is 0 Å². The third-order valence-electron chi connectivity index (χ3n) is 2.86. The molecule has 3 nitrogen and oxygen atoms in total. The van der Waals surface area contributed by atoms with E-state index < -0.39 is 0 Å². The van der Waals surface area contributed by atoms with Crippen LogP contribution in [0.2, 0.25) is 10.0 Å². The lowest BCUT2D eigenvalue weighted by Crippen LogP contribution is -2.23.